The lowest BCUT2D eigenvalue weighted by molar-refractivity contribution is -0.139. The number of carbonyl (C=O) groups is 2. The Morgan fingerprint density at radius 3 is 2.31 bits per heavy atom. The first kappa shape index (κ1) is 10.2. The molecule has 1 amide bonds. The Labute approximate surface area is 77.9 Å². The van der Waals surface area contributed by atoms with Gasteiger partial charge in [-0.15, -0.1) is 0 Å². The van der Waals surface area contributed by atoms with Crippen molar-refractivity contribution in [2.45, 2.75) is 38.8 Å². The molecule has 4 nitrogen and oxygen atoms in total. The minimum atomic E-state index is -0.668. The molecular weight excluding hydrogens is 168 g/mol. The van der Waals surface area contributed by atoms with Crippen LogP contribution < -0.4 is 11.1 Å². The van der Waals surface area contributed by atoms with Gasteiger partial charge in [0.2, 0.25) is 5.78 Å². The lowest BCUT2D eigenvalue weighted by Crippen LogP contribution is -2.45. The molecule has 1 saturated carbocycles. The summed E-state index contributed by atoms with van der Waals surface area (Å²) >= 11 is 0. The number of nitrogens with two attached hydrogens (primary N) is 1. The van der Waals surface area contributed by atoms with Gasteiger partial charge in [-0.2, -0.15) is 0 Å². The molecule has 0 aliphatic heterocycles. The predicted octanol–water partition coefficient (Wildman–Crippen LogP) is -0.183. The third-order valence-corrected chi connectivity index (χ3v) is 2.16. The third kappa shape index (κ3) is 2.81. The summed E-state index contributed by atoms with van der Waals surface area (Å²) in [6.45, 7) is 3.65. The molecule has 74 valence electrons. The van der Waals surface area contributed by atoms with Crippen LogP contribution in [0.25, 0.3) is 0 Å². The monoisotopic (exact) mass is 184 g/mol. The lowest BCUT2D eigenvalue weighted by atomic mass is 10.0. The molecule has 0 radical (unpaired) electrons. The van der Waals surface area contributed by atoms with Gasteiger partial charge in [0.1, 0.15) is 0 Å². The van der Waals surface area contributed by atoms with Crippen LogP contribution in [-0.2, 0) is 9.59 Å². The summed E-state index contributed by atoms with van der Waals surface area (Å²) in [4.78, 5) is 22.5. The lowest BCUT2D eigenvalue weighted by Gasteiger charge is -2.13. The molecule has 0 heterocycles. The number of nitrogens with one attached hydrogen (secondary N) is 1. The first-order valence-corrected chi connectivity index (χ1v) is 4.62. The number of carbonyl (C=O) groups excluding carboxylic acids is 2. The number of rotatable bonds is 4. The summed E-state index contributed by atoms with van der Waals surface area (Å²) in [6, 6.07) is -0.449. The zero-order chi connectivity index (χ0) is 10.0. The molecule has 1 rings (SSSR count). The van der Waals surface area contributed by atoms with Gasteiger partial charge in [-0.05, 0) is 18.8 Å². The van der Waals surface area contributed by atoms with Crippen LogP contribution in [0, 0.1) is 5.92 Å². The largest absolute Gasteiger partial charge is 0.347 e. The van der Waals surface area contributed by atoms with Crippen LogP contribution in [0.5, 0.6) is 0 Å². The second kappa shape index (κ2) is 3.87. The molecule has 0 saturated heterocycles. The molecule has 1 aliphatic rings. The smallest absolute Gasteiger partial charge is 0.289 e. The van der Waals surface area contributed by atoms with Gasteiger partial charge < -0.3 is 11.1 Å². The Bertz CT molecular complexity index is 222. The van der Waals surface area contributed by atoms with Crippen molar-refractivity contribution in [2.75, 3.05) is 0 Å². The molecule has 0 bridgehead atoms. The van der Waals surface area contributed by atoms with Crippen molar-refractivity contribution in [3.63, 3.8) is 0 Å². The maximum atomic E-state index is 11.3. The van der Waals surface area contributed by atoms with Crippen LogP contribution in [0.15, 0.2) is 0 Å². The molecule has 0 aromatic rings. The average molecular weight is 184 g/mol. The standard InChI is InChI=1S/C9H16N2O2/c1-5(2)7(10)8(12)9(13)11-6-3-4-6/h5-7H,3-4,10H2,1-2H3,(H,11,13). The topological polar surface area (TPSA) is 72.2 Å². The van der Waals surface area contributed by atoms with Gasteiger partial charge in [-0.25, -0.2) is 0 Å². The normalized spacial score (nSPS) is 18.5. The summed E-state index contributed by atoms with van der Waals surface area (Å²) in [5.41, 5.74) is 5.55. The van der Waals surface area contributed by atoms with Crippen LogP contribution in [0.1, 0.15) is 26.7 Å². The van der Waals surface area contributed by atoms with Gasteiger partial charge in [0.25, 0.3) is 5.91 Å². The molecule has 1 fully saturated rings. The van der Waals surface area contributed by atoms with Gasteiger partial charge in [-0.3, -0.25) is 9.59 Å². The highest BCUT2D eigenvalue weighted by atomic mass is 16.2. The minimum Gasteiger partial charge on any atom is -0.347 e. The molecule has 4 heteroatoms. The van der Waals surface area contributed by atoms with E-state index in [4.69, 9.17) is 5.73 Å². The van der Waals surface area contributed by atoms with E-state index in [0.717, 1.165) is 12.8 Å². The van der Waals surface area contributed by atoms with E-state index in [9.17, 15) is 9.59 Å². The van der Waals surface area contributed by atoms with Gasteiger partial charge in [0, 0.05) is 6.04 Å². The summed E-state index contributed by atoms with van der Waals surface area (Å²) in [5.74, 6) is -1.01. The highest BCUT2D eigenvalue weighted by Crippen LogP contribution is 2.18. The molecule has 1 unspecified atom stereocenters. The van der Waals surface area contributed by atoms with Crippen LogP contribution in [0.3, 0.4) is 0 Å². The molecule has 0 spiro atoms. The average Bonchev–Trinajstić information content (AvgIpc) is 2.85. The van der Waals surface area contributed by atoms with Crippen molar-refractivity contribution < 1.29 is 9.59 Å². The summed E-state index contributed by atoms with van der Waals surface area (Å²) < 4.78 is 0. The van der Waals surface area contributed by atoms with Gasteiger partial charge in [-0.1, -0.05) is 13.8 Å². The van der Waals surface area contributed by atoms with Gasteiger partial charge in [0.05, 0.1) is 6.04 Å². The Hall–Kier alpha value is -0.900. The Kier molecular flexibility index (Phi) is 3.03. The van der Waals surface area contributed by atoms with E-state index in [1.807, 2.05) is 13.8 Å². The Balaban J connectivity index is 2.40. The third-order valence-electron chi connectivity index (χ3n) is 2.16. The quantitative estimate of drug-likeness (QED) is 0.595. The maximum Gasteiger partial charge on any atom is 0.289 e. The molecular formula is C9H16N2O2. The fraction of sp³-hybridized carbons (Fsp3) is 0.778. The van der Waals surface area contributed by atoms with Crippen molar-refractivity contribution >= 4 is 11.7 Å². The van der Waals surface area contributed by atoms with E-state index < -0.39 is 17.7 Å². The number of hydrogen-bond acceptors (Lipinski definition) is 3. The van der Waals surface area contributed by atoms with Crippen molar-refractivity contribution in [2.24, 2.45) is 11.7 Å². The molecule has 1 atom stereocenters. The number of hydrogen-bond donors (Lipinski definition) is 2. The molecule has 13 heavy (non-hydrogen) atoms. The summed E-state index contributed by atoms with van der Waals surface area (Å²) in [6.07, 6.45) is 1.96. The number of amides is 1. The zero-order valence-corrected chi connectivity index (χ0v) is 8.04. The van der Waals surface area contributed by atoms with Gasteiger partial charge in [0.15, 0.2) is 0 Å². The van der Waals surface area contributed by atoms with Crippen LogP contribution >= 0.6 is 0 Å². The fourth-order valence-electron chi connectivity index (χ4n) is 0.938. The molecule has 3 N–H and O–H groups in total. The Morgan fingerprint density at radius 1 is 1.38 bits per heavy atom. The minimum absolute atomic E-state index is 0.0115. The summed E-state index contributed by atoms with van der Waals surface area (Å²) in [7, 11) is 0. The Morgan fingerprint density at radius 2 is 1.92 bits per heavy atom. The summed E-state index contributed by atoms with van der Waals surface area (Å²) in [5, 5.41) is 2.62. The molecule has 1 aliphatic carbocycles. The second-order valence-electron chi connectivity index (χ2n) is 3.88. The second-order valence-corrected chi connectivity index (χ2v) is 3.88. The van der Waals surface area contributed by atoms with E-state index in [2.05, 4.69) is 5.32 Å². The van der Waals surface area contributed by atoms with E-state index in [1.54, 1.807) is 0 Å². The van der Waals surface area contributed by atoms with Crippen LogP contribution in [0.2, 0.25) is 0 Å². The highest BCUT2D eigenvalue weighted by molar-refractivity contribution is 6.38. The molecule has 0 aromatic carbocycles. The van der Waals surface area contributed by atoms with Crippen LogP contribution in [-0.4, -0.2) is 23.8 Å². The van der Waals surface area contributed by atoms with Crippen molar-refractivity contribution in [3.05, 3.63) is 0 Å². The zero-order valence-electron chi connectivity index (χ0n) is 8.04. The van der Waals surface area contributed by atoms with Crippen molar-refractivity contribution in [1.29, 1.82) is 0 Å². The van der Waals surface area contributed by atoms with E-state index in [-0.39, 0.29) is 12.0 Å². The fourth-order valence-corrected chi connectivity index (χ4v) is 0.938. The predicted molar refractivity (Wildman–Crippen MR) is 49.0 cm³/mol. The van der Waals surface area contributed by atoms with Crippen molar-refractivity contribution in [3.8, 4) is 0 Å². The van der Waals surface area contributed by atoms with E-state index >= 15 is 0 Å². The first-order valence-electron chi connectivity index (χ1n) is 4.62. The van der Waals surface area contributed by atoms with Crippen LogP contribution in [0.4, 0.5) is 0 Å². The van der Waals surface area contributed by atoms with E-state index in [0.29, 0.717) is 0 Å². The highest BCUT2D eigenvalue weighted by Gasteiger charge is 2.29. The van der Waals surface area contributed by atoms with E-state index in [1.165, 1.54) is 0 Å². The number of ketones is 1. The molecule has 0 aromatic heterocycles. The first-order chi connectivity index (χ1) is 6.02. The SMILES string of the molecule is CC(C)C(N)C(=O)C(=O)NC1CC1. The number of Topliss-reactive ketones (excluding diaryl/α,β-unsaturated/α-hetero) is 1. The maximum absolute atomic E-state index is 11.3. The van der Waals surface area contributed by atoms with Crippen molar-refractivity contribution in [1.82, 2.24) is 5.32 Å². The van der Waals surface area contributed by atoms with Gasteiger partial charge >= 0.3 is 0 Å².